The van der Waals surface area contributed by atoms with Gasteiger partial charge < -0.3 is 14.5 Å². The quantitative estimate of drug-likeness (QED) is 0.772. The minimum Gasteiger partial charge on any atom is -0.484 e. The standard InChI is InChI=1S/C20H20Cl2N2O3/c1-13-11-16(22)5-8-18(13)24-10-9-23(14(2)20(24)26)19(25)12-27-17-6-3-15(21)4-7-17/h3-8,11,14H,9-10,12H2,1-2H3/t14-/m0/s1. The van der Waals surface area contributed by atoms with Crippen LogP contribution in [-0.2, 0) is 9.59 Å². The second-order valence-electron chi connectivity index (χ2n) is 6.43. The maximum atomic E-state index is 12.8. The highest BCUT2D eigenvalue weighted by molar-refractivity contribution is 6.31. The first kappa shape index (κ1) is 19.5. The highest BCUT2D eigenvalue weighted by Crippen LogP contribution is 2.26. The summed E-state index contributed by atoms with van der Waals surface area (Å²) in [5, 5.41) is 1.23. The van der Waals surface area contributed by atoms with Crippen LogP contribution in [0.15, 0.2) is 42.5 Å². The summed E-state index contributed by atoms with van der Waals surface area (Å²) < 4.78 is 5.51. The molecular weight excluding hydrogens is 387 g/mol. The number of ether oxygens (including phenoxy) is 1. The van der Waals surface area contributed by atoms with Gasteiger partial charge in [-0.1, -0.05) is 23.2 Å². The molecule has 1 atom stereocenters. The first-order valence-electron chi connectivity index (χ1n) is 8.62. The van der Waals surface area contributed by atoms with E-state index in [1.165, 1.54) is 0 Å². The van der Waals surface area contributed by atoms with Gasteiger partial charge in [0.25, 0.3) is 5.91 Å². The number of hydrogen-bond acceptors (Lipinski definition) is 3. The van der Waals surface area contributed by atoms with Crippen LogP contribution < -0.4 is 9.64 Å². The monoisotopic (exact) mass is 406 g/mol. The first-order chi connectivity index (χ1) is 12.9. The van der Waals surface area contributed by atoms with Crippen molar-refractivity contribution < 1.29 is 14.3 Å². The molecule has 0 radical (unpaired) electrons. The Morgan fingerprint density at radius 3 is 2.44 bits per heavy atom. The smallest absolute Gasteiger partial charge is 0.261 e. The third kappa shape index (κ3) is 4.37. The number of halogens is 2. The maximum absolute atomic E-state index is 12.8. The molecular formula is C20H20Cl2N2O3. The summed E-state index contributed by atoms with van der Waals surface area (Å²) in [6.45, 7) is 4.39. The number of carbonyl (C=O) groups excluding carboxylic acids is 2. The van der Waals surface area contributed by atoms with Gasteiger partial charge in [-0.15, -0.1) is 0 Å². The Kier molecular flexibility index (Phi) is 5.92. The lowest BCUT2D eigenvalue weighted by Crippen LogP contribution is -2.58. The number of nitrogens with zero attached hydrogens (tertiary/aromatic N) is 2. The molecule has 27 heavy (non-hydrogen) atoms. The van der Waals surface area contributed by atoms with Crippen LogP contribution >= 0.6 is 23.2 Å². The van der Waals surface area contributed by atoms with Crippen molar-refractivity contribution in [3.8, 4) is 5.75 Å². The van der Waals surface area contributed by atoms with Gasteiger partial charge in [0.15, 0.2) is 6.61 Å². The van der Waals surface area contributed by atoms with Crippen LogP contribution in [-0.4, -0.2) is 42.5 Å². The number of anilines is 1. The highest BCUT2D eigenvalue weighted by Gasteiger charge is 2.35. The van der Waals surface area contributed by atoms with E-state index in [9.17, 15) is 9.59 Å². The van der Waals surface area contributed by atoms with Gasteiger partial charge in [0.2, 0.25) is 5.91 Å². The van der Waals surface area contributed by atoms with Crippen molar-refractivity contribution in [2.24, 2.45) is 0 Å². The number of piperazine rings is 1. The zero-order valence-corrected chi connectivity index (χ0v) is 16.6. The molecule has 0 aliphatic carbocycles. The third-order valence-electron chi connectivity index (χ3n) is 4.60. The van der Waals surface area contributed by atoms with Crippen LogP contribution in [0, 0.1) is 6.92 Å². The Morgan fingerprint density at radius 1 is 1.11 bits per heavy atom. The second-order valence-corrected chi connectivity index (χ2v) is 7.30. The van der Waals surface area contributed by atoms with Crippen LogP contribution in [0.3, 0.4) is 0 Å². The SMILES string of the molecule is Cc1cc(Cl)ccc1N1CCN(C(=O)COc2ccc(Cl)cc2)[C@@H](C)C1=O. The van der Waals surface area contributed by atoms with Gasteiger partial charge in [-0.2, -0.15) is 0 Å². The summed E-state index contributed by atoms with van der Waals surface area (Å²) in [4.78, 5) is 28.6. The van der Waals surface area contributed by atoms with E-state index in [-0.39, 0.29) is 18.4 Å². The number of hydrogen-bond donors (Lipinski definition) is 0. The topological polar surface area (TPSA) is 49.9 Å². The zero-order chi connectivity index (χ0) is 19.6. The molecule has 1 saturated heterocycles. The van der Waals surface area contributed by atoms with Crippen molar-refractivity contribution in [1.82, 2.24) is 4.90 Å². The predicted octanol–water partition coefficient (Wildman–Crippen LogP) is 3.94. The summed E-state index contributed by atoms with van der Waals surface area (Å²) in [5.74, 6) is 0.215. The number of rotatable bonds is 4. The van der Waals surface area contributed by atoms with Crippen molar-refractivity contribution in [3.63, 3.8) is 0 Å². The lowest BCUT2D eigenvalue weighted by atomic mass is 10.1. The Balaban J connectivity index is 1.65. The van der Waals surface area contributed by atoms with Gasteiger partial charge in [0, 0.05) is 28.8 Å². The molecule has 0 N–H and O–H groups in total. The minimum absolute atomic E-state index is 0.119. The molecule has 2 amide bonds. The van der Waals surface area contributed by atoms with E-state index >= 15 is 0 Å². The maximum Gasteiger partial charge on any atom is 0.261 e. The molecule has 0 spiro atoms. The van der Waals surface area contributed by atoms with E-state index in [0.29, 0.717) is 28.9 Å². The van der Waals surface area contributed by atoms with E-state index in [1.54, 1.807) is 47.1 Å². The molecule has 142 valence electrons. The van der Waals surface area contributed by atoms with Gasteiger partial charge in [-0.3, -0.25) is 9.59 Å². The van der Waals surface area contributed by atoms with Crippen LogP contribution in [0.5, 0.6) is 5.75 Å². The molecule has 5 nitrogen and oxygen atoms in total. The summed E-state index contributed by atoms with van der Waals surface area (Å²) in [6, 6.07) is 11.7. The fourth-order valence-corrected chi connectivity index (χ4v) is 3.48. The molecule has 1 aliphatic heterocycles. The van der Waals surface area contributed by atoms with Gasteiger partial charge in [-0.25, -0.2) is 0 Å². The van der Waals surface area contributed by atoms with E-state index in [4.69, 9.17) is 27.9 Å². The van der Waals surface area contributed by atoms with Crippen molar-refractivity contribution in [2.45, 2.75) is 19.9 Å². The van der Waals surface area contributed by atoms with Gasteiger partial charge in [0.1, 0.15) is 11.8 Å². The minimum atomic E-state index is -0.560. The molecule has 7 heteroatoms. The van der Waals surface area contributed by atoms with E-state index in [0.717, 1.165) is 11.3 Å². The van der Waals surface area contributed by atoms with Gasteiger partial charge >= 0.3 is 0 Å². The molecule has 2 aromatic rings. The largest absolute Gasteiger partial charge is 0.484 e. The molecule has 3 rings (SSSR count). The molecule has 0 saturated carbocycles. The van der Waals surface area contributed by atoms with E-state index < -0.39 is 6.04 Å². The fourth-order valence-electron chi connectivity index (χ4n) is 3.13. The molecule has 1 aliphatic rings. The Hall–Kier alpha value is -2.24. The van der Waals surface area contributed by atoms with Gasteiger partial charge in [-0.05, 0) is 61.9 Å². The summed E-state index contributed by atoms with van der Waals surface area (Å²) in [5.41, 5.74) is 1.75. The van der Waals surface area contributed by atoms with Crippen molar-refractivity contribution >= 4 is 40.7 Å². The Morgan fingerprint density at radius 2 is 1.78 bits per heavy atom. The number of carbonyl (C=O) groups is 2. The van der Waals surface area contributed by atoms with E-state index in [1.807, 2.05) is 19.1 Å². The van der Waals surface area contributed by atoms with Crippen LogP contribution in [0.2, 0.25) is 10.0 Å². The summed E-state index contributed by atoms with van der Waals surface area (Å²) >= 11 is 11.8. The molecule has 0 unspecified atom stereocenters. The summed E-state index contributed by atoms with van der Waals surface area (Å²) in [7, 11) is 0. The van der Waals surface area contributed by atoms with Crippen molar-refractivity contribution in [3.05, 3.63) is 58.1 Å². The average Bonchev–Trinajstić information content (AvgIpc) is 2.64. The fraction of sp³-hybridized carbons (Fsp3) is 0.300. The lowest BCUT2D eigenvalue weighted by molar-refractivity contribution is -0.142. The third-order valence-corrected chi connectivity index (χ3v) is 5.09. The van der Waals surface area contributed by atoms with Crippen molar-refractivity contribution in [2.75, 3.05) is 24.6 Å². The number of benzene rings is 2. The number of aryl methyl sites for hydroxylation is 1. The van der Waals surface area contributed by atoms with Crippen LogP contribution in [0.25, 0.3) is 0 Å². The Labute approximate surface area is 168 Å². The van der Waals surface area contributed by atoms with Gasteiger partial charge in [0.05, 0.1) is 0 Å². The average molecular weight is 407 g/mol. The molecule has 0 bridgehead atoms. The highest BCUT2D eigenvalue weighted by atomic mass is 35.5. The van der Waals surface area contributed by atoms with Crippen molar-refractivity contribution in [1.29, 1.82) is 0 Å². The lowest BCUT2D eigenvalue weighted by Gasteiger charge is -2.39. The predicted molar refractivity (Wildman–Crippen MR) is 107 cm³/mol. The van der Waals surface area contributed by atoms with Crippen LogP contribution in [0.4, 0.5) is 5.69 Å². The summed E-state index contributed by atoms with van der Waals surface area (Å²) in [6.07, 6.45) is 0. The first-order valence-corrected chi connectivity index (χ1v) is 9.38. The molecule has 0 aromatic heterocycles. The molecule has 2 aromatic carbocycles. The van der Waals surface area contributed by atoms with E-state index in [2.05, 4.69) is 0 Å². The normalized spacial score (nSPS) is 17.2. The Bertz CT molecular complexity index is 855. The van der Waals surface area contributed by atoms with Crippen LogP contribution in [0.1, 0.15) is 12.5 Å². The molecule has 1 fully saturated rings. The zero-order valence-electron chi connectivity index (χ0n) is 15.1. The molecule has 1 heterocycles. The number of amides is 2. The second kappa shape index (κ2) is 8.19.